The van der Waals surface area contributed by atoms with E-state index in [1.807, 2.05) is 0 Å². The molecule has 0 aromatic rings. The zero-order chi connectivity index (χ0) is 18.0. The molecular formula is C10H19N7O6. The Morgan fingerprint density at radius 3 is 2.43 bits per heavy atom. The summed E-state index contributed by atoms with van der Waals surface area (Å²) in [6.07, 6.45) is 0.00534. The van der Waals surface area contributed by atoms with Crippen LogP contribution in [0.4, 0.5) is 0 Å². The summed E-state index contributed by atoms with van der Waals surface area (Å²) < 4.78 is 0. The lowest BCUT2D eigenvalue weighted by atomic mass is 10.1. The molecule has 13 heteroatoms. The van der Waals surface area contributed by atoms with E-state index in [1.54, 1.807) is 0 Å². The normalized spacial score (nSPS) is 11.2. The van der Waals surface area contributed by atoms with Crippen molar-refractivity contribution in [3.63, 3.8) is 0 Å². The van der Waals surface area contributed by atoms with Crippen LogP contribution in [0.5, 0.6) is 0 Å². The maximum Gasteiger partial charge on any atom is 0.322 e. The lowest BCUT2D eigenvalue weighted by molar-refractivity contribution is -0.629. The van der Waals surface area contributed by atoms with Gasteiger partial charge in [0.2, 0.25) is 11.8 Å². The van der Waals surface area contributed by atoms with Gasteiger partial charge in [-0.15, -0.1) is 0 Å². The average Bonchev–Trinajstić information content (AvgIpc) is 2.46. The highest BCUT2D eigenvalue weighted by atomic mass is 16.7. The van der Waals surface area contributed by atoms with Crippen LogP contribution >= 0.6 is 0 Å². The number of carbonyl (C=O) groups excluding carboxylic acids is 2. The number of nitrogens with zero attached hydrogens (tertiary/aromatic N) is 2. The number of nitrogens with one attached hydrogen (secondary N) is 3. The second-order valence-electron chi connectivity index (χ2n) is 4.32. The fourth-order valence-electron chi connectivity index (χ4n) is 1.54. The number of aliphatic carboxylic acids is 1. The van der Waals surface area contributed by atoms with Crippen molar-refractivity contribution < 1.29 is 24.5 Å². The molecule has 23 heavy (non-hydrogen) atoms. The van der Waals surface area contributed by atoms with Gasteiger partial charge in [0.05, 0.1) is 13.1 Å². The van der Waals surface area contributed by atoms with Crippen LogP contribution in [0.3, 0.4) is 0 Å². The Balaban J connectivity index is 4.65. The molecule has 0 rings (SSSR count). The Labute approximate surface area is 130 Å². The number of nitro groups is 1. The van der Waals surface area contributed by atoms with Crippen molar-refractivity contribution in [2.45, 2.75) is 18.9 Å². The maximum absolute atomic E-state index is 11.8. The van der Waals surface area contributed by atoms with Crippen molar-refractivity contribution in [2.24, 2.45) is 11.5 Å². The Morgan fingerprint density at radius 2 is 2.00 bits per heavy atom. The molecule has 0 unspecified atom stereocenters. The molecule has 0 saturated heterocycles. The van der Waals surface area contributed by atoms with E-state index in [0.29, 0.717) is 5.01 Å². The molecule has 0 fully saturated rings. The highest BCUT2D eigenvalue weighted by Crippen LogP contribution is 2.01. The van der Waals surface area contributed by atoms with E-state index in [4.69, 9.17) is 22.0 Å². The Bertz CT molecular complexity index is 468. The molecule has 0 aliphatic heterocycles. The molecule has 0 radical (unpaired) electrons. The van der Waals surface area contributed by atoms with Gasteiger partial charge in [-0.1, -0.05) is 5.01 Å². The fourth-order valence-corrected chi connectivity index (χ4v) is 1.54. The number of hydrogen-bond acceptors (Lipinski definition) is 7. The molecule has 1 atom stereocenters. The predicted octanol–water partition coefficient (Wildman–Crippen LogP) is -3.20. The fraction of sp³-hybridized carbons (Fsp3) is 0.600. The van der Waals surface area contributed by atoms with Gasteiger partial charge in [0.15, 0.2) is 5.03 Å². The number of hydrogen-bond donors (Lipinski definition) is 6. The molecule has 0 bridgehead atoms. The monoisotopic (exact) mass is 333 g/mol. The van der Waals surface area contributed by atoms with Gasteiger partial charge in [-0.25, -0.2) is 10.1 Å². The van der Waals surface area contributed by atoms with Crippen LogP contribution in [-0.2, 0) is 14.4 Å². The van der Waals surface area contributed by atoms with E-state index < -0.39 is 41.4 Å². The van der Waals surface area contributed by atoms with E-state index in [0.717, 1.165) is 0 Å². The minimum absolute atomic E-state index is 0.0329. The molecule has 0 aliphatic rings. The first kappa shape index (κ1) is 20.0. The number of guanidine groups is 1. The van der Waals surface area contributed by atoms with Crippen LogP contribution in [0.15, 0.2) is 0 Å². The molecule has 130 valence electrons. The summed E-state index contributed by atoms with van der Waals surface area (Å²) in [7, 11) is 0. The number of carboxylic acid groups (broad SMARTS) is 1. The van der Waals surface area contributed by atoms with Crippen LogP contribution < -0.4 is 22.1 Å². The minimum atomic E-state index is -1.27. The smallest absolute Gasteiger partial charge is 0.322 e. The van der Waals surface area contributed by atoms with Crippen LogP contribution in [0.2, 0.25) is 0 Å². The average molecular weight is 333 g/mol. The summed E-state index contributed by atoms with van der Waals surface area (Å²) in [6, 6.07) is -1.11. The third-order valence-electron chi connectivity index (χ3n) is 2.59. The summed E-state index contributed by atoms with van der Waals surface area (Å²) in [5.74, 6) is -3.44. The minimum Gasteiger partial charge on any atom is -0.480 e. The number of nitrogens with two attached hydrogens (primary N) is 2. The van der Waals surface area contributed by atoms with Gasteiger partial charge in [0, 0.05) is 0 Å². The first-order chi connectivity index (χ1) is 10.7. The lowest BCUT2D eigenvalue weighted by Crippen LogP contribution is -2.50. The van der Waals surface area contributed by atoms with Crippen LogP contribution in [0.25, 0.3) is 0 Å². The largest absolute Gasteiger partial charge is 0.480 e. The van der Waals surface area contributed by atoms with Crippen molar-refractivity contribution >= 4 is 23.7 Å². The number of carboxylic acids is 1. The van der Waals surface area contributed by atoms with Crippen molar-refractivity contribution in [3.8, 4) is 0 Å². The van der Waals surface area contributed by atoms with Gasteiger partial charge in [-0.2, -0.15) is 0 Å². The lowest BCUT2D eigenvalue weighted by Gasteiger charge is -2.18. The van der Waals surface area contributed by atoms with Crippen LogP contribution in [0, 0.1) is 15.5 Å². The number of rotatable bonds is 10. The molecular weight excluding hydrogens is 314 g/mol. The summed E-state index contributed by atoms with van der Waals surface area (Å²) in [6.45, 7) is -1.27. The number of carbonyl (C=O) groups is 3. The van der Waals surface area contributed by atoms with Crippen LogP contribution in [0.1, 0.15) is 12.8 Å². The molecule has 0 aromatic carbocycles. The van der Waals surface area contributed by atoms with Crippen molar-refractivity contribution in [1.82, 2.24) is 15.6 Å². The zero-order valence-electron chi connectivity index (χ0n) is 12.2. The summed E-state index contributed by atoms with van der Waals surface area (Å²) in [5.41, 5.74) is 10.2. The third kappa shape index (κ3) is 8.15. The van der Waals surface area contributed by atoms with Gasteiger partial charge in [-0.3, -0.25) is 19.8 Å². The van der Waals surface area contributed by atoms with E-state index in [1.165, 1.54) is 0 Å². The quantitative estimate of drug-likeness (QED) is 0.102. The Hall–Kier alpha value is -2.96. The molecule has 2 amide bonds. The SMILES string of the molecule is N=C(N)N(CCC[C@H](NC(=O)CN)C(=O)NCC(=O)O)[N+](=O)[O-]. The van der Waals surface area contributed by atoms with E-state index >= 15 is 0 Å². The predicted molar refractivity (Wildman–Crippen MR) is 76.5 cm³/mol. The third-order valence-corrected chi connectivity index (χ3v) is 2.59. The molecule has 8 N–H and O–H groups in total. The second-order valence-corrected chi connectivity index (χ2v) is 4.32. The highest BCUT2D eigenvalue weighted by Gasteiger charge is 2.23. The number of amides is 2. The van der Waals surface area contributed by atoms with Crippen molar-refractivity contribution in [2.75, 3.05) is 19.6 Å². The van der Waals surface area contributed by atoms with Gasteiger partial charge >= 0.3 is 5.97 Å². The molecule has 0 saturated carbocycles. The number of hydrazine groups is 1. The molecule has 0 aromatic heterocycles. The van der Waals surface area contributed by atoms with Crippen molar-refractivity contribution in [1.29, 1.82) is 5.41 Å². The van der Waals surface area contributed by atoms with Gasteiger partial charge in [-0.05, 0) is 12.8 Å². The molecule has 0 spiro atoms. The maximum atomic E-state index is 11.8. The van der Waals surface area contributed by atoms with Gasteiger partial charge < -0.3 is 27.2 Å². The van der Waals surface area contributed by atoms with Gasteiger partial charge in [0.25, 0.3) is 5.96 Å². The Kier molecular flexibility index (Phi) is 8.61. The molecule has 0 aliphatic carbocycles. The van der Waals surface area contributed by atoms with Gasteiger partial charge in [0.1, 0.15) is 12.6 Å². The van der Waals surface area contributed by atoms with E-state index in [9.17, 15) is 24.5 Å². The second kappa shape index (κ2) is 9.88. The summed E-state index contributed by atoms with van der Waals surface area (Å²) in [5, 5.41) is 30.0. The molecule has 13 nitrogen and oxygen atoms in total. The standard InChI is InChI=1S/C10H19N7O6/c11-4-7(18)15-6(9(21)14-5-8(19)20)2-1-3-16(10(12)13)17(22)23/h6H,1-5,11H2,(H3,12,13)(H,14,21)(H,15,18)(H,19,20)/t6-/m0/s1. The van der Waals surface area contributed by atoms with E-state index in [2.05, 4.69) is 10.6 Å². The Morgan fingerprint density at radius 1 is 1.39 bits per heavy atom. The van der Waals surface area contributed by atoms with Crippen molar-refractivity contribution in [3.05, 3.63) is 10.1 Å². The van der Waals surface area contributed by atoms with Crippen LogP contribution in [-0.4, -0.2) is 64.6 Å². The highest BCUT2D eigenvalue weighted by molar-refractivity contribution is 5.89. The summed E-state index contributed by atoms with van der Waals surface area (Å²) in [4.78, 5) is 44.1. The summed E-state index contributed by atoms with van der Waals surface area (Å²) >= 11 is 0. The van der Waals surface area contributed by atoms with E-state index in [-0.39, 0.29) is 25.9 Å². The topological polar surface area (TPSA) is 218 Å². The first-order valence-corrected chi connectivity index (χ1v) is 6.43. The molecule has 0 heterocycles. The first-order valence-electron chi connectivity index (χ1n) is 6.43. The zero-order valence-corrected chi connectivity index (χ0v) is 12.2.